The fourth-order valence-electron chi connectivity index (χ4n) is 2.39. The second-order valence-corrected chi connectivity index (χ2v) is 5.59. The van der Waals surface area contributed by atoms with Gasteiger partial charge in [0.1, 0.15) is 6.04 Å². The topological polar surface area (TPSA) is 49.4 Å². The monoisotopic (exact) mass is 324 g/mol. The van der Waals surface area contributed by atoms with Crippen LogP contribution in [0.15, 0.2) is 22.7 Å². The molecular weight excluding hydrogens is 308 g/mol. The van der Waals surface area contributed by atoms with Crippen molar-refractivity contribution in [3.63, 3.8) is 0 Å². The molecule has 0 saturated carbocycles. The molecule has 102 valence electrons. The van der Waals surface area contributed by atoms with Crippen molar-refractivity contribution in [3.8, 4) is 0 Å². The number of carbonyl (C=O) groups excluding carboxylic acids is 2. The van der Waals surface area contributed by atoms with Crippen molar-refractivity contribution in [3.05, 3.63) is 33.8 Å². The second-order valence-electron chi connectivity index (χ2n) is 4.73. The third kappa shape index (κ3) is 2.81. The highest BCUT2D eigenvalue weighted by molar-refractivity contribution is 9.10. The average molecular weight is 325 g/mol. The normalized spacial score (nSPS) is 18.5. The van der Waals surface area contributed by atoms with Crippen LogP contribution in [0.25, 0.3) is 0 Å². The Morgan fingerprint density at radius 3 is 2.79 bits per heavy atom. The number of nitrogens with one attached hydrogen (secondary N) is 1. The van der Waals surface area contributed by atoms with Crippen LogP contribution in [0.3, 0.4) is 0 Å². The van der Waals surface area contributed by atoms with Gasteiger partial charge in [-0.05, 0) is 43.5 Å². The summed E-state index contributed by atoms with van der Waals surface area (Å²) in [7, 11) is 1.60. The first-order valence-electron chi connectivity index (χ1n) is 6.33. The molecule has 1 fully saturated rings. The summed E-state index contributed by atoms with van der Waals surface area (Å²) in [5.74, 6) is -0.151. The number of aryl methyl sites for hydroxylation is 1. The molecule has 2 rings (SSSR count). The number of amides is 2. The minimum atomic E-state index is -0.332. The second kappa shape index (κ2) is 5.74. The maximum absolute atomic E-state index is 12.5. The van der Waals surface area contributed by atoms with Gasteiger partial charge in [-0.3, -0.25) is 9.59 Å². The molecule has 0 spiro atoms. The van der Waals surface area contributed by atoms with Gasteiger partial charge in [0.05, 0.1) is 0 Å². The summed E-state index contributed by atoms with van der Waals surface area (Å²) in [6.45, 7) is 2.59. The van der Waals surface area contributed by atoms with E-state index in [2.05, 4.69) is 21.2 Å². The van der Waals surface area contributed by atoms with Gasteiger partial charge in [-0.1, -0.05) is 15.9 Å². The van der Waals surface area contributed by atoms with Crippen LogP contribution in [0.4, 0.5) is 0 Å². The number of hydrogen-bond acceptors (Lipinski definition) is 2. The summed E-state index contributed by atoms with van der Waals surface area (Å²) in [5, 5.41) is 2.62. The van der Waals surface area contributed by atoms with Crippen molar-refractivity contribution in [2.75, 3.05) is 13.6 Å². The van der Waals surface area contributed by atoms with Gasteiger partial charge in [0.2, 0.25) is 5.91 Å². The van der Waals surface area contributed by atoms with E-state index in [-0.39, 0.29) is 17.9 Å². The van der Waals surface area contributed by atoms with Crippen molar-refractivity contribution in [1.29, 1.82) is 0 Å². The summed E-state index contributed by atoms with van der Waals surface area (Å²) < 4.78 is 0.980. The number of hydrogen-bond donors (Lipinski definition) is 1. The zero-order valence-electron chi connectivity index (χ0n) is 11.1. The molecule has 1 unspecified atom stereocenters. The molecule has 1 saturated heterocycles. The molecule has 1 N–H and O–H groups in total. The predicted molar refractivity (Wildman–Crippen MR) is 77.0 cm³/mol. The van der Waals surface area contributed by atoms with E-state index in [4.69, 9.17) is 0 Å². The molecular formula is C14H17BrN2O2. The summed E-state index contributed by atoms with van der Waals surface area (Å²) in [5.41, 5.74) is 1.65. The van der Waals surface area contributed by atoms with Crippen molar-refractivity contribution in [2.24, 2.45) is 0 Å². The molecule has 1 aromatic carbocycles. The van der Waals surface area contributed by atoms with Crippen LogP contribution in [0.2, 0.25) is 0 Å². The fraction of sp³-hybridized carbons (Fsp3) is 0.429. The molecule has 4 nitrogen and oxygen atoms in total. The zero-order chi connectivity index (χ0) is 14.0. The lowest BCUT2D eigenvalue weighted by Gasteiger charge is -2.23. The zero-order valence-corrected chi connectivity index (χ0v) is 12.7. The van der Waals surface area contributed by atoms with Crippen molar-refractivity contribution >= 4 is 27.7 Å². The maximum Gasteiger partial charge on any atom is 0.254 e. The van der Waals surface area contributed by atoms with Gasteiger partial charge in [0.25, 0.3) is 5.91 Å². The van der Waals surface area contributed by atoms with E-state index in [1.54, 1.807) is 18.0 Å². The van der Waals surface area contributed by atoms with E-state index in [1.807, 2.05) is 19.1 Å². The molecule has 1 atom stereocenters. The van der Waals surface area contributed by atoms with Crippen molar-refractivity contribution < 1.29 is 9.59 Å². The Hall–Kier alpha value is -1.36. The molecule has 19 heavy (non-hydrogen) atoms. The van der Waals surface area contributed by atoms with Crippen molar-refractivity contribution in [2.45, 2.75) is 25.8 Å². The number of benzene rings is 1. The molecule has 0 bridgehead atoms. The summed E-state index contributed by atoms with van der Waals surface area (Å²) in [6.07, 6.45) is 1.61. The minimum absolute atomic E-state index is 0.0679. The molecule has 0 radical (unpaired) electrons. The number of rotatable bonds is 2. The van der Waals surface area contributed by atoms with Crippen LogP contribution in [-0.2, 0) is 4.79 Å². The highest BCUT2D eigenvalue weighted by Gasteiger charge is 2.33. The lowest BCUT2D eigenvalue weighted by Crippen LogP contribution is -2.44. The van der Waals surface area contributed by atoms with Crippen molar-refractivity contribution in [1.82, 2.24) is 10.2 Å². The first kappa shape index (κ1) is 14.1. The third-order valence-corrected chi connectivity index (χ3v) is 4.36. The first-order chi connectivity index (χ1) is 9.04. The molecule has 1 aliphatic rings. The van der Waals surface area contributed by atoms with E-state index in [0.717, 1.165) is 22.9 Å². The Morgan fingerprint density at radius 2 is 2.16 bits per heavy atom. The SMILES string of the molecule is CNC(=O)C1CCCN1C(=O)c1ccc(Br)c(C)c1. The Kier molecular flexibility index (Phi) is 4.24. The van der Waals surface area contributed by atoms with Gasteiger partial charge in [-0.25, -0.2) is 0 Å². The summed E-state index contributed by atoms with van der Waals surface area (Å²) in [4.78, 5) is 25.9. The standard InChI is InChI=1S/C14H17BrN2O2/c1-9-8-10(5-6-11(9)15)14(19)17-7-3-4-12(17)13(18)16-2/h5-6,8,12H,3-4,7H2,1-2H3,(H,16,18). The minimum Gasteiger partial charge on any atom is -0.357 e. The van der Waals surface area contributed by atoms with Crippen LogP contribution in [-0.4, -0.2) is 36.3 Å². The Balaban J connectivity index is 2.23. The van der Waals surface area contributed by atoms with E-state index in [9.17, 15) is 9.59 Å². The highest BCUT2D eigenvalue weighted by Crippen LogP contribution is 2.23. The molecule has 1 heterocycles. The van der Waals surface area contributed by atoms with E-state index < -0.39 is 0 Å². The Morgan fingerprint density at radius 1 is 1.42 bits per heavy atom. The largest absolute Gasteiger partial charge is 0.357 e. The summed E-state index contributed by atoms with van der Waals surface area (Å²) in [6, 6.07) is 5.18. The highest BCUT2D eigenvalue weighted by atomic mass is 79.9. The van der Waals surface area contributed by atoms with Gasteiger partial charge in [0, 0.05) is 23.6 Å². The van der Waals surface area contributed by atoms with Gasteiger partial charge in [0.15, 0.2) is 0 Å². The number of likely N-dealkylation sites (tertiary alicyclic amines) is 1. The van der Waals surface area contributed by atoms with E-state index in [0.29, 0.717) is 12.1 Å². The maximum atomic E-state index is 12.5. The average Bonchev–Trinajstić information content (AvgIpc) is 2.89. The molecule has 5 heteroatoms. The lowest BCUT2D eigenvalue weighted by molar-refractivity contribution is -0.124. The fourth-order valence-corrected chi connectivity index (χ4v) is 2.64. The predicted octanol–water partition coefficient (Wildman–Crippen LogP) is 2.11. The number of halogens is 1. The molecule has 0 aliphatic carbocycles. The number of nitrogens with zero attached hydrogens (tertiary/aromatic N) is 1. The third-order valence-electron chi connectivity index (χ3n) is 3.47. The van der Waals surface area contributed by atoms with E-state index in [1.165, 1.54) is 0 Å². The molecule has 1 aliphatic heterocycles. The molecule has 1 aromatic rings. The van der Waals surface area contributed by atoms with Gasteiger partial charge < -0.3 is 10.2 Å². The van der Waals surface area contributed by atoms with Crippen LogP contribution in [0.1, 0.15) is 28.8 Å². The smallest absolute Gasteiger partial charge is 0.254 e. The quantitative estimate of drug-likeness (QED) is 0.905. The number of carbonyl (C=O) groups is 2. The number of likely N-dealkylation sites (N-methyl/N-ethyl adjacent to an activating group) is 1. The van der Waals surface area contributed by atoms with Crippen LogP contribution in [0.5, 0.6) is 0 Å². The van der Waals surface area contributed by atoms with Gasteiger partial charge in [-0.15, -0.1) is 0 Å². The van der Waals surface area contributed by atoms with Gasteiger partial charge >= 0.3 is 0 Å². The lowest BCUT2D eigenvalue weighted by atomic mass is 10.1. The molecule has 0 aromatic heterocycles. The van der Waals surface area contributed by atoms with Crippen LogP contribution < -0.4 is 5.32 Å². The summed E-state index contributed by atoms with van der Waals surface area (Å²) >= 11 is 3.42. The Bertz CT molecular complexity index is 516. The van der Waals surface area contributed by atoms with Gasteiger partial charge in [-0.2, -0.15) is 0 Å². The van der Waals surface area contributed by atoms with Crippen LogP contribution in [0, 0.1) is 6.92 Å². The Labute approximate surface area is 121 Å². The van der Waals surface area contributed by atoms with E-state index >= 15 is 0 Å². The molecule has 2 amide bonds. The van der Waals surface area contributed by atoms with Crippen LogP contribution >= 0.6 is 15.9 Å². The first-order valence-corrected chi connectivity index (χ1v) is 7.12.